The predicted molar refractivity (Wildman–Crippen MR) is 260 cm³/mol. The summed E-state index contributed by atoms with van der Waals surface area (Å²) in [4.78, 5) is 22.7. The van der Waals surface area contributed by atoms with Crippen molar-refractivity contribution in [1.82, 2.24) is 0 Å². The van der Waals surface area contributed by atoms with Crippen LogP contribution in [0, 0.1) is 0 Å². The summed E-state index contributed by atoms with van der Waals surface area (Å²) in [5.41, 5.74) is 0. The fourth-order valence-electron chi connectivity index (χ4n) is 6.61. The fraction of sp³-hybridized carbons (Fsp3) is 0.750. The fourth-order valence-corrected chi connectivity index (χ4v) is 7.40. The lowest BCUT2D eigenvalue weighted by Crippen LogP contribution is -2.29. The molecule has 3 N–H and O–H groups in total. The van der Waals surface area contributed by atoms with Crippen LogP contribution < -0.4 is 0 Å². The van der Waals surface area contributed by atoms with Gasteiger partial charge >= 0.3 is 13.8 Å². The first-order valence-electron chi connectivity index (χ1n) is 24.9. The van der Waals surface area contributed by atoms with E-state index in [9.17, 15) is 19.4 Å². The number of rotatable bonds is 47. The average molecular weight is 893 g/mol. The van der Waals surface area contributed by atoms with E-state index < -0.39 is 39.2 Å². The number of unbranched alkanes of at least 4 members (excludes halogenated alkanes) is 21. The summed E-state index contributed by atoms with van der Waals surface area (Å²) in [6, 6.07) is 0. The Morgan fingerprint density at radius 1 is 0.516 bits per heavy atom. The van der Waals surface area contributed by atoms with Crippen LogP contribution in [-0.4, -0.2) is 66.3 Å². The molecule has 0 aliphatic carbocycles. The lowest BCUT2D eigenvalue weighted by atomic mass is 10.1. The molecule has 0 rings (SSSR count). The summed E-state index contributed by atoms with van der Waals surface area (Å²) < 4.78 is 33.5. The van der Waals surface area contributed by atoms with Crippen molar-refractivity contribution in [3.8, 4) is 0 Å². The lowest BCUT2D eigenvalue weighted by molar-refractivity contribution is -0.154. The lowest BCUT2D eigenvalue weighted by Gasteiger charge is -2.20. The predicted octanol–water partition coefficient (Wildman–Crippen LogP) is 14.5. The van der Waals surface area contributed by atoms with Crippen LogP contribution in [0.4, 0.5) is 0 Å². The number of carbonyl (C=O) groups is 1. The third kappa shape index (κ3) is 47.4. The van der Waals surface area contributed by atoms with Crippen LogP contribution >= 0.6 is 7.82 Å². The first-order valence-corrected chi connectivity index (χ1v) is 26.4. The van der Waals surface area contributed by atoms with Gasteiger partial charge in [-0.3, -0.25) is 13.8 Å². The summed E-state index contributed by atoms with van der Waals surface area (Å²) in [6.45, 7) is 3.37. The van der Waals surface area contributed by atoms with Crippen molar-refractivity contribution in [2.24, 2.45) is 0 Å². The molecule has 0 saturated heterocycles. The SMILES string of the molecule is CC/C=C\C/C=C\C/C=C\C/C=C\C/C=C\CCCCCCCCOCC(COP(=O)(O)OCC(O)CO)OC(=O)CCCCCCCCCCC/C=C\CCCCCCCC. The minimum Gasteiger partial charge on any atom is -0.457 e. The topological polar surface area (TPSA) is 132 Å². The van der Waals surface area contributed by atoms with Gasteiger partial charge in [0.15, 0.2) is 0 Å². The van der Waals surface area contributed by atoms with E-state index in [0.717, 1.165) is 77.0 Å². The molecule has 62 heavy (non-hydrogen) atoms. The van der Waals surface area contributed by atoms with Gasteiger partial charge in [-0.15, -0.1) is 0 Å². The first-order chi connectivity index (χ1) is 30.3. The van der Waals surface area contributed by atoms with Gasteiger partial charge in [-0.05, 0) is 83.5 Å². The standard InChI is InChI=1S/C52H93O9P/c1-3-5-7-9-11-13-15-17-19-21-23-24-25-27-29-31-33-35-37-39-41-43-45-58-48-51(49-60-62(56,57)59-47-50(54)46-53)61-52(55)44-42-40-38-36-34-32-30-28-26-22-20-18-16-14-12-10-8-6-4-2/h5,7,11,13,17-20,23-24,27,29,50-51,53-54H,3-4,6,8-10,12,14-16,21-22,25-26,28,30-49H2,1-2H3,(H,56,57)/b7-5-,13-11-,19-17-,20-18-,24-23-,29-27-. The highest BCUT2D eigenvalue weighted by molar-refractivity contribution is 7.47. The number of hydrogen-bond acceptors (Lipinski definition) is 8. The maximum atomic E-state index is 12.7. The molecular weight excluding hydrogens is 800 g/mol. The van der Waals surface area contributed by atoms with E-state index >= 15 is 0 Å². The molecule has 0 radical (unpaired) electrons. The molecule has 0 amide bonds. The molecule has 0 aromatic rings. The maximum Gasteiger partial charge on any atom is 0.472 e. The maximum absolute atomic E-state index is 12.7. The largest absolute Gasteiger partial charge is 0.472 e. The minimum atomic E-state index is -4.53. The Morgan fingerprint density at radius 2 is 0.919 bits per heavy atom. The molecule has 3 unspecified atom stereocenters. The summed E-state index contributed by atoms with van der Waals surface area (Å²) in [7, 11) is -4.53. The van der Waals surface area contributed by atoms with Crippen LogP contribution in [0.1, 0.15) is 206 Å². The van der Waals surface area contributed by atoms with Gasteiger partial charge in [0.05, 0.1) is 26.4 Å². The number of phosphoric ester groups is 1. The van der Waals surface area contributed by atoms with Gasteiger partial charge in [-0.1, -0.05) is 189 Å². The van der Waals surface area contributed by atoms with Gasteiger partial charge in [-0.25, -0.2) is 4.57 Å². The van der Waals surface area contributed by atoms with Crippen LogP contribution in [0.25, 0.3) is 0 Å². The summed E-state index contributed by atoms with van der Waals surface area (Å²) in [5.74, 6) is -0.391. The second-order valence-corrected chi connectivity index (χ2v) is 17.9. The van der Waals surface area contributed by atoms with Crippen molar-refractivity contribution in [2.45, 2.75) is 219 Å². The zero-order valence-electron chi connectivity index (χ0n) is 39.6. The molecule has 0 aliphatic rings. The molecule has 0 aromatic carbocycles. The molecule has 0 spiro atoms. The monoisotopic (exact) mass is 893 g/mol. The van der Waals surface area contributed by atoms with Crippen molar-refractivity contribution in [2.75, 3.05) is 33.0 Å². The van der Waals surface area contributed by atoms with Crippen molar-refractivity contribution < 1.29 is 43.0 Å². The Labute approximate surface area is 380 Å². The molecule has 10 heteroatoms. The molecule has 360 valence electrons. The number of hydrogen-bond donors (Lipinski definition) is 3. The van der Waals surface area contributed by atoms with E-state index in [2.05, 4.69) is 86.8 Å². The van der Waals surface area contributed by atoms with E-state index in [1.165, 1.54) is 109 Å². The van der Waals surface area contributed by atoms with E-state index in [-0.39, 0.29) is 19.6 Å². The molecule has 0 saturated carbocycles. The first kappa shape index (κ1) is 59.9. The molecule has 0 bridgehead atoms. The number of allylic oxidation sites excluding steroid dienone is 12. The number of carbonyl (C=O) groups excluding carboxylic acids is 1. The number of aliphatic hydroxyl groups is 2. The highest BCUT2D eigenvalue weighted by atomic mass is 31.2. The molecule has 0 aromatic heterocycles. The van der Waals surface area contributed by atoms with Gasteiger partial charge < -0.3 is 24.6 Å². The van der Waals surface area contributed by atoms with Gasteiger partial charge in [0.25, 0.3) is 0 Å². The Kier molecular flexibility index (Phi) is 46.7. The highest BCUT2D eigenvalue weighted by Gasteiger charge is 2.26. The summed E-state index contributed by atoms with van der Waals surface area (Å²) in [6.07, 6.45) is 58.6. The number of ether oxygens (including phenoxy) is 2. The van der Waals surface area contributed by atoms with Crippen LogP contribution in [0.15, 0.2) is 72.9 Å². The number of esters is 1. The Morgan fingerprint density at radius 3 is 1.40 bits per heavy atom. The normalized spacial score (nSPS) is 14.5. The van der Waals surface area contributed by atoms with Crippen LogP contribution in [0.2, 0.25) is 0 Å². The molecule has 0 heterocycles. The van der Waals surface area contributed by atoms with E-state index in [1.54, 1.807) is 0 Å². The van der Waals surface area contributed by atoms with Crippen molar-refractivity contribution >= 4 is 13.8 Å². The van der Waals surface area contributed by atoms with Gasteiger partial charge in [0.1, 0.15) is 12.2 Å². The van der Waals surface area contributed by atoms with Crippen molar-refractivity contribution in [3.05, 3.63) is 72.9 Å². The van der Waals surface area contributed by atoms with Crippen molar-refractivity contribution in [1.29, 1.82) is 0 Å². The van der Waals surface area contributed by atoms with Crippen LogP contribution in [0.5, 0.6) is 0 Å². The zero-order valence-corrected chi connectivity index (χ0v) is 40.5. The highest BCUT2D eigenvalue weighted by Crippen LogP contribution is 2.43. The third-order valence-electron chi connectivity index (χ3n) is 10.4. The molecular formula is C52H93O9P. The van der Waals surface area contributed by atoms with Crippen LogP contribution in [0.3, 0.4) is 0 Å². The third-order valence-corrected chi connectivity index (χ3v) is 11.3. The second-order valence-electron chi connectivity index (χ2n) is 16.4. The van der Waals surface area contributed by atoms with Gasteiger partial charge in [0.2, 0.25) is 0 Å². The molecule has 3 atom stereocenters. The zero-order chi connectivity index (χ0) is 45.3. The van der Waals surface area contributed by atoms with E-state index in [0.29, 0.717) is 6.61 Å². The second kappa shape index (κ2) is 48.4. The molecule has 9 nitrogen and oxygen atoms in total. The number of aliphatic hydroxyl groups excluding tert-OH is 2. The Bertz CT molecular complexity index is 1190. The average Bonchev–Trinajstić information content (AvgIpc) is 3.26. The van der Waals surface area contributed by atoms with Gasteiger partial charge in [0, 0.05) is 13.0 Å². The van der Waals surface area contributed by atoms with Gasteiger partial charge in [-0.2, -0.15) is 0 Å². The van der Waals surface area contributed by atoms with E-state index in [1.807, 2.05) is 0 Å². The quantitative estimate of drug-likeness (QED) is 0.0236. The van der Waals surface area contributed by atoms with E-state index in [4.69, 9.17) is 23.6 Å². The minimum absolute atomic E-state index is 0.0354. The summed E-state index contributed by atoms with van der Waals surface area (Å²) in [5, 5.41) is 18.4. The number of phosphoric acid groups is 1. The molecule has 0 aliphatic heterocycles. The van der Waals surface area contributed by atoms with Crippen LogP contribution in [-0.2, 0) is 27.9 Å². The Balaban J connectivity index is 4.14. The smallest absolute Gasteiger partial charge is 0.457 e. The Hall–Kier alpha value is -2.10. The summed E-state index contributed by atoms with van der Waals surface area (Å²) >= 11 is 0. The molecule has 0 fully saturated rings. The van der Waals surface area contributed by atoms with Crippen molar-refractivity contribution in [3.63, 3.8) is 0 Å².